The Morgan fingerprint density at radius 1 is 1.29 bits per heavy atom. The molecule has 118 valence electrons. The number of unbranched alkanes of at least 4 members (excludes halogenated alkanes) is 1. The van der Waals surface area contributed by atoms with Crippen molar-refractivity contribution in [3.05, 3.63) is 35.9 Å². The minimum absolute atomic E-state index is 0.0606. The predicted molar refractivity (Wildman–Crippen MR) is 85.8 cm³/mol. The minimum Gasteiger partial charge on any atom is -0.377 e. The predicted octanol–water partition coefficient (Wildman–Crippen LogP) is 2.62. The second-order valence-electron chi connectivity index (χ2n) is 5.67. The van der Waals surface area contributed by atoms with Crippen molar-refractivity contribution in [2.75, 3.05) is 13.2 Å². The molecule has 0 saturated heterocycles. The van der Waals surface area contributed by atoms with Crippen molar-refractivity contribution in [2.45, 2.75) is 51.7 Å². The Hall–Kier alpha value is -1.39. The number of carbonyl (C=O) groups is 1. The average molecular weight is 292 g/mol. The maximum absolute atomic E-state index is 11.9. The number of nitrogens with two attached hydrogens (primary N) is 1. The molecule has 0 heterocycles. The number of hydrogen-bond donors (Lipinski definition) is 2. The lowest BCUT2D eigenvalue weighted by Gasteiger charge is -2.22. The van der Waals surface area contributed by atoms with Gasteiger partial charge in [0.05, 0.1) is 12.1 Å². The summed E-state index contributed by atoms with van der Waals surface area (Å²) in [6.07, 6.45) is 3.46. The third-order valence-corrected chi connectivity index (χ3v) is 3.40. The third kappa shape index (κ3) is 7.25. The second kappa shape index (κ2) is 9.53. The number of rotatable bonds is 10. The SMILES string of the molecule is CCCC(C)(N)C(=O)NCCCCOCc1ccccc1. The smallest absolute Gasteiger partial charge is 0.239 e. The molecule has 0 saturated carbocycles. The summed E-state index contributed by atoms with van der Waals surface area (Å²) in [5.74, 6) is -0.0606. The first-order valence-corrected chi connectivity index (χ1v) is 7.75. The Balaban J connectivity index is 2.03. The van der Waals surface area contributed by atoms with Crippen LogP contribution in [0.3, 0.4) is 0 Å². The van der Waals surface area contributed by atoms with Gasteiger partial charge in [-0.2, -0.15) is 0 Å². The van der Waals surface area contributed by atoms with Crippen LogP contribution in [0, 0.1) is 0 Å². The summed E-state index contributed by atoms with van der Waals surface area (Å²) in [4.78, 5) is 11.9. The number of nitrogens with one attached hydrogen (secondary N) is 1. The standard InChI is InChI=1S/C17H28N2O2/c1-3-11-17(2,18)16(20)19-12-7-8-13-21-14-15-9-5-4-6-10-15/h4-6,9-10H,3,7-8,11-14,18H2,1-2H3,(H,19,20). The molecule has 0 aliphatic rings. The van der Waals surface area contributed by atoms with Gasteiger partial charge in [-0.1, -0.05) is 43.7 Å². The molecule has 1 aromatic carbocycles. The van der Waals surface area contributed by atoms with Crippen LogP contribution in [-0.2, 0) is 16.1 Å². The van der Waals surface area contributed by atoms with E-state index in [2.05, 4.69) is 17.4 Å². The van der Waals surface area contributed by atoms with E-state index in [1.165, 1.54) is 5.56 Å². The first-order valence-electron chi connectivity index (χ1n) is 7.75. The summed E-state index contributed by atoms with van der Waals surface area (Å²) in [5.41, 5.74) is 6.39. The van der Waals surface area contributed by atoms with Crippen molar-refractivity contribution in [3.63, 3.8) is 0 Å². The second-order valence-corrected chi connectivity index (χ2v) is 5.67. The summed E-state index contributed by atoms with van der Waals surface area (Å²) in [6.45, 7) is 5.82. The molecule has 4 nitrogen and oxygen atoms in total. The van der Waals surface area contributed by atoms with Gasteiger partial charge < -0.3 is 15.8 Å². The molecular weight excluding hydrogens is 264 g/mol. The van der Waals surface area contributed by atoms with E-state index in [0.717, 1.165) is 19.3 Å². The largest absolute Gasteiger partial charge is 0.377 e. The van der Waals surface area contributed by atoms with Gasteiger partial charge in [0.2, 0.25) is 5.91 Å². The highest BCUT2D eigenvalue weighted by atomic mass is 16.5. The van der Waals surface area contributed by atoms with Crippen molar-refractivity contribution in [3.8, 4) is 0 Å². The number of ether oxygens (including phenoxy) is 1. The highest BCUT2D eigenvalue weighted by Crippen LogP contribution is 2.08. The number of amides is 1. The molecule has 0 aromatic heterocycles. The van der Waals surface area contributed by atoms with Gasteiger partial charge in [0.1, 0.15) is 0 Å². The van der Waals surface area contributed by atoms with Gasteiger partial charge in [0.15, 0.2) is 0 Å². The first kappa shape index (κ1) is 17.7. The normalized spacial score (nSPS) is 13.7. The van der Waals surface area contributed by atoms with E-state index in [4.69, 9.17) is 10.5 Å². The maximum Gasteiger partial charge on any atom is 0.239 e. The molecule has 1 aromatic rings. The van der Waals surface area contributed by atoms with E-state index in [1.807, 2.05) is 25.1 Å². The van der Waals surface area contributed by atoms with E-state index < -0.39 is 5.54 Å². The maximum atomic E-state index is 11.9. The lowest BCUT2D eigenvalue weighted by molar-refractivity contribution is -0.126. The Bertz CT molecular complexity index is 405. The van der Waals surface area contributed by atoms with E-state index in [0.29, 0.717) is 26.2 Å². The summed E-state index contributed by atoms with van der Waals surface area (Å²) in [7, 11) is 0. The third-order valence-electron chi connectivity index (χ3n) is 3.40. The van der Waals surface area contributed by atoms with Gasteiger partial charge >= 0.3 is 0 Å². The molecule has 1 atom stereocenters. The average Bonchev–Trinajstić information content (AvgIpc) is 2.47. The molecule has 4 heteroatoms. The molecule has 0 bridgehead atoms. The summed E-state index contributed by atoms with van der Waals surface area (Å²) in [6, 6.07) is 10.1. The van der Waals surface area contributed by atoms with Crippen molar-refractivity contribution >= 4 is 5.91 Å². The van der Waals surface area contributed by atoms with E-state index in [9.17, 15) is 4.79 Å². The molecule has 21 heavy (non-hydrogen) atoms. The summed E-state index contributed by atoms with van der Waals surface area (Å²) < 4.78 is 5.60. The molecule has 0 spiro atoms. The Kier molecular flexibility index (Phi) is 8.01. The van der Waals surface area contributed by atoms with Gasteiger partial charge in [-0.05, 0) is 31.7 Å². The molecule has 0 aliphatic heterocycles. The zero-order chi connectivity index (χ0) is 15.6. The van der Waals surface area contributed by atoms with Crippen molar-refractivity contribution in [1.82, 2.24) is 5.32 Å². The fourth-order valence-electron chi connectivity index (χ4n) is 2.13. The lowest BCUT2D eigenvalue weighted by Crippen LogP contribution is -2.51. The number of carbonyl (C=O) groups excluding carboxylic acids is 1. The van der Waals surface area contributed by atoms with Crippen LogP contribution in [0.5, 0.6) is 0 Å². The van der Waals surface area contributed by atoms with Crippen molar-refractivity contribution in [1.29, 1.82) is 0 Å². The Labute approximate surface area is 128 Å². The summed E-state index contributed by atoms with van der Waals surface area (Å²) in [5, 5.41) is 2.90. The highest BCUT2D eigenvalue weighted by Gasteiger charge is 2.26. The molecule has 0 radical (unpaired) electrons. The van der Waals surface area contributed by atoms with Crippen LogP contribution in [0.4, 0.5) is 0 Å². The van der Waals surface area contributed by atoms with Gasteiger partial charge in [-0.3, -0.25) is 4.79 Å². The van der Waals surface area contributed by atoms with Gasteiger partial charge in [0, 0.05) is 13.2 Å². The Morgan fingerprint density at radius 2 is 2.00 bits per heavy atom. The van der Waals surface area contributed by atoms with Crippen LogP contribution in [0.2, 0.25) is 0 Å². The Morgan fingerprint density at radius 3 is 2.67 bits per heavy atom. The minimum atomic E-state index is -0.751. The van der Waals surface area contributed by atoms with E-state index in [-0.39, 0.29) is 5.91 Å². The van der Waals surface area contributed by atoms with Crippen LogP contribution in [0.15, 0.2) is 30.3 Å². The van der Waals surface area contributed by atoms with Crippen molar-refractivity contribution < 1.29 is 9.53 Å². The summed E-state index contributed by atoms with van der Waals surface area (Å²) >= 11 is 0. The molecule has 1 unspecified atom stereocenters. The molecular formula is C17H28N2O2. The molecule has 3 N–H and O–H groups in total. The first-order chi connectivity index (χ1) is 10.1. The quantitative estimate of drug-likeness (QED) is 0.652. The van der Waals surface area contributed by atoms with E-state index in [1.54, 1.807) is 6.92 Å². The topological polar surface area (TPSA) is 64.4 Å². The molecule has 1 rings (SSSR count). The van der Waals surface area contributed by atoms with Crippen LogP contribution in [-0.4, -0.2) is 24.6 Å². The van der Waals surface area contributed by atoms with Crippen LogP contribution in [0.25, 0.3) is 0 Å². The molecule has 0 fully saturated rings. The monoisotopic (exact) mass is 292 g/mol. The van der Waals surface area contributed by atoms with Gasteiger partial charge in [-0.15, -0.1) is 0 Å². The number of hydrogen-bond acceptors (Lipinski definition) is 3. The van der Waals surface area contributed by atoms with Crippen LogP contribution < -0.4 is 11.1 Å². The van der Waals surface area contributed by atoms with Gasteiger partial charge in [-0.25, -0.2) is 0 Å². The zero-order valence-corrected chi connectivity index (χ0v) is 13.2. The highest BCUT2D eigenvalue weighted by molar-refractivity contribution is 5.85. The van der Waals surface area contributed by atoms with Gasteiger partial charge in [0.25, 0.3) is 0 Å². The number of benzene rings is 1. The zero-order valence-electron chi connectivity index (χ0n) is 13.2. The fraction of sp³-hybridized carbons (Fsp3) is 0.588. The van der Waals surface area contributed by atoms with Crippen LogP contribution >= 0.6 is 0 Å². The fourth-order valence-corrected chi connectivity index (χ4v) is 2.13. The molecule has 0 aliphatic carbocycles. The lowest BCUT2D eigenvalue weighted by atomic mass is 9.96. The molecule has 1 amide bonds. The van der Waals surface area contributed by atoms with Crippen molar-refractivity contribution in [2.24, 2.45) is 5.73 Å². The van der Waals surface area contributed by atoms with E-state index >= 15 is 0 Å². The van der Waals surface area contributed by atoms with Crippen LogP contribution in [0.1, 0.15) is 45.1 Å².